The van der Waals surface area contributed by atoms with E-state index in [-0.39, 0.29) is 0 Å². The molecule has 0 amide bonds. The third kappa shape index (κ3) is 7.53. The molecule has 15 heavy (non-hydrogen) atoms. The van der Waals surface area contributed by atoms with Crippen molar-refractivity contribution in [1.82, 2.24) is 0 Å². The summed E-state index contributed by atoms with van der Waals surface area (Å²) in [5.41, 5.74) is 0. The van der Waals surface area contributed by atoms with Gasteiger partial charge in [-0.2, -0.15) is 0 Å². The molecule has 1 heterocycles. The van der Waals surface area contributed by atoms with Crippen molar-refractivity contribution in [3.63, 3.8) is 0 Å². The smallest absolute Gasteiger partial charge is 0.328 e. The fraction of sp³-hybridized carbons (Fsp3) is 1.00. The van der Waals surface area contributed by atoms with E-state index >= 15 is 0 Å². The van der Waals surface area contributed by atoms with Crippen LogP contribution in [0.1, 0.15) is 38.5 Å². The summed E-state index contributed by atoms with van der Waals surface area (Å²) in [5.74, 6) is 0. The number of rotatable bonds is 2. The summed E-state index contributed by atoms with van der Waals surface area (Å²) < 4.78 is 15.4. The predicted molar refractivity (Wildman–Crippen MR) is 59.0 cm³/mol. The zero-order chi connectivity index (χ0) is 10.9. The van der Waals surface area contributed by atoms with Crippen molar-refractivity contribution in [2.24, 2.45) is 0 Å². The van der Waals surface area contributed by atoms with Gasteiger partial charge in [-0.15, -0.1) is 0 Å². The number of hydrogen-bond acceptors (Lipinski definition) is 5. The van der Waals surface area contributed by atoms with Crippen LogP contribution >= 0.6 is 17.2 Å². The first-order valence-corrected chi connectivity index (χ1v) is 7.47. The lowest BCUT2D eigenvalue weighted by Crippen LogP contribution is -1.96. The van der Waals surface area contributed by atoms with E-state index in [9.17, 15) is 0 Å². The molecule has 1 fully saturated rings. The standard InChI is InChI=1S/C8H18O5P2/c9-14(10)13-15-11-7-5-3-1-2-4-6-8-12-15/h9-10H,1-8H2. The van der Waals surface area contributed by atoms with Gasteiger partial charge in [0.15, 0.2) is 0 Å². The Morgan fingerprint density at radius 3 is 1.80 bits per heavy atom. The topological polar surface area (TPSA) is 68.2 Å². The lowest BCUT2D eigenvalue weighted by molar-refractivity contribution is 0.195. The first-order chi connectivity index (χ1) is 7.29. The van der Waals surface area contributed by atoms with Crippen LogP contribution in [0.5, 0.6) is 0 Å². The van der Waals surface area contributed by atoms with E-state index < -0.39 is 17.2 Å². The molecule has 2 N–H and O–H groups in total. The lowest BCUT2D eigenvalue weighted by atomic mass is 10.1. The highest BCUT2D eigenvalue weighted by molar-refractivity contribution is 7.54. The van der Waals surface area contributed by atoms with Crippen LogP contribution in [0.25, 0.3) is 0 Å². The third-order valence-electron chi connectivity index (χ3n) is 2.07. The van der Waals surface area contributed by atoms with E-state index in [1.54, 1.807) is 0 Å². The Morgan fingerprint density at radius 1 is 0.867 bits per heavy atom. The van der Waals surface area contributed by atoms with E-state index in [4.69, 9.17) is 23.1 Å². The molecule has 0 atom stereocenters. The molecule has 0 bridgehead atoms. The molecule has 5 nitrogen and oxygen atoms in total. The van der Waals surface area contributed by atoms with Gasteiger partial charge < -0.3 is 18.8 Å². The van der Waals surface area contributed by atoms with Gasteiger partial charge in [0.05, 0.1) is 13.2 Å². The van der Waals surface area contributed by atoms with E-state index in [0.29, 0.717) is 13.2 Å². The van der Waals surface area contributed by atoms with Gasteiger partial charge in [-0.05, 0) is 12.8 Å². The second-order valence-electron chi connectivity index (χ2n) is 3.35. The summed E-state index contributed by atoms with van der Waals surface area (Å²) in [6.45, 7) is 1.13. The van der Waals surface area contributed by atoms with Crippen LogP contribution in [0, 0.1) is 0 Å². The summed E-state index contributed by atoms with van der Waals surface area (Å²) in [6.07, 6.45) is 6.71. The molecule has 1 rings (SSSR count). The molecule has 90 valence electrons. The molecule has 0 aromatic carbocycles. The molecule has 0 aromatic heterocycles. The SMILES string of the molecule is OP(O)OP1OCCCCCCCCO1. The Kier molecular flexibility index (Phi) is 8.02. The van der Waals surface area contributed by atoms with Crippen molar-refractivity contribution in [3.8, 4) is 0 Å². The van der Waals surface area contributed by atoms with Gasteiger partial charge in [0.25, 0.3) is 0 Å². The Balaban J connectivity index is 2.25. The minimum absolute atomic E-state index is 0.564. The summed E-state index contributed by atoms with van der Waals surface area (Å²) in [6, 6.07) is 0. The highest BCUT2D eigenvalue weighted by atomic mass is 31.2. The lowest BCUT2D eigenvalue weighted by Gasteiger charge is -2.15. The third-order valence-corrected chi connectivity index (χ3v) is 3.98. The average Bonchev–Trinajstić information content (AvgIpc) is 2.23. The fourth-order valence-corrected chi connectivity index (χ4v) is 2.82. The molecule has 1 aliphatic rings. The molecular formula is C8H18O5P2. The van der Waals surface area contributed by atoms with E-state index in [0.717, 1.165) is 25.7 Å². The molecule has 0 radical (unpaired) electrons. The van der Waals surface area contributed by atoms with Crippen molar-refractivity contribution >= 4 is 17.2 Å². The van der Waals surface area contributed by atoms with Crippen LogP contribution in [0.15, 0.2) is 0 Å². The van der Waals surface area contributed by atoms with Crippen LogP contribution < -0.4 is 0 Å². The van der Waals surface area contributed by atoms with Crippen molar-refractivity contribution in [1.29, 1.82) is 0 Å². The van der Waals surface area contributed by atoms with Gasteiger partial charge >= 0.3 is 17.2 Å². The molecule has 0 unspecified atom stereocenters. The average molecular weight is 256 g/mol. The monoisotopic (exact) mass is 256 g/mol. The Bertz CT molecular complexity index is 146. The van der Waals surface area contributed by atoms with E-state index in [1.165, 1.54) is 12.8 Å². The highest BCUT2D eigenvalue weighted by Crippen LogP contribution is 2.50. The van der Waals surface area contributed by atoms with Crippen molar-refractivity contribution in [2.45, 2.75) is 38.5 Å². The Labute approximate surface area is 92.7 Å². The van der Waals surface area contributed by atoms with Crippen LogP contribution in [0.4, 0.5) is 0 Å². The molecule has 7 heteroatoms. The summed E-state index contributed by atoms with van der Waals surface area (Å²) in [4.78, 5) is 17.4. The van der Waals surface area contributed by atoms with Gasteiger partial charge in [-0.25, -0.2) is 4.31 Å². The van der Waals surface area contributed by atoms with Gasteiger partial charge in [0.2, 0.25) is 0 Å². The van der Waals surface area contributed by atoms with Crippen LogP contribution in [0.2, 0.25) is 0 Å². The zero-order valence-electron chi connectivity index (χ0n) is 8.67. The number of hydrogen-bond donors (Lipinski definition) is 2. The van der Waals surface area contributed by atoms with Gasteiger partial charge in [0, 0.05) is 0 Å². The second-order valence-corrected chi connectivity index (χ2v) is 5.47. The van der Waals surface area contributed by atoms with Crippen molar-refractivity contribution in [2.75, 3.05) is 13.2 Å². The predicted octanol–water partition coefficient (Wildman–Crippen LogP) is 2.83. The van der Waals surface area contributed by atoms with Crippen LogP contribution in [0.3, 0.4) is 0 Å². The van der Waals surface area contributed by atoms with E-state index in [1.807, 2.05) is 0 Å². The van der Waals surface area contributed by atoms with E-state index in [2.05, 4.69) is 0 Å². The normalized spacial score (nSPS) is 22.6. The van der Waals surface area contributed by atoms with Crippen molar-refractivity contribution < 1.29 is 23.1 Å². The minimum atomic E-state index is -2.39. The van der Waals surface area contributed by atoms with Gasteiger partial charge in [-0.3, -0.25) is 0 Å². The molecular weight excluding hydrogens is 238 g/mol. The maximum absolute atomic E-state index is 8.70. The zero-order valence-corrected chi connectivity index (χ0v) is 10.5. The maximum Gasteiger partial charge on any atom is 0.339 e. The molecule has 0 saturated carbocycles. The summed E-state index contributed by atoms with van der Waals surface area (Å²) >= 11 is 0. The highest BCUT2D eigenvalue weighted by Gasteiger charge is 2.17. The molecule has 0 aliphatic carbocycles. The summed E-state index contributed by atoms with van der Waals surface area (Å²) in [5, 5.41) is 0. The second kappa shape index (κ2) is 8.77. The minimum Gasteiger partial charge on any atom is -0.328 e. The van der Waals surface area contributed by atoms with Gasteiger partial charge in [-0.1, -0.05) is 25.7 Å². The summed E-state index contributed by atoms with van der Waals surface area (Å²) in [7, 11) is -3.95. The maximum atomic E-state index is 8.70. The Morgan fingerprint density at radius 2 is 1.33 bits per heavy atom. The van der Waals surface area contributed by atoms with Gasteiger partial charge in [0.1, 0.15) is 0 Å². The first kappa shape index (κ1) is 13.7. The van der Waals surface area contributed by atoms with Crippen LogP contribution in [-0.2, 0) is 13.4 Å². The molecule has 0 spiro atoms. The Hall–Kier alpha value is 0.660. The van der Waals surface area contributed by atoms with Crippen LogP contribution in [-0.4, -0.2) is 23.0 Å². The largest absolute Gasteiger partial charge is 0.339 e. The van der Waals surface area contributed by atoms with Crippen molar-refractivity contribution in [3.05, 3.63) is 0 Å². The fourth-order valence-electron chi connectivity index (χ4n) is 1.33. The quantitative estimate of drug-likeness (QED) is 0.743. The molecule has 1 aliphatic heterocycles. The molecule has 0 aromatic rings. The molecule has 1 saturated heterocycles. The first-order valence-electron chi connectivity index (χ1n) is 5.21.